The lowest BCUT2D eigenvalue weighted by Gasteiger charge is -2.04. The third kappa shape index (κ3) is 2.22. The van der Waals surface area contributed by atoms with E-state index in [2.05, 4.69) is 20.9 Å². The highest BCUT2D eigenvalue weighted by Gasteiger charge is 2.11. The first kappa shape index (κ1) is 12.5. The summed E-state index contributed by atoms with van der Waals surface area (Å²) >= 11 is 9.45. The Kier molecular flexibility index (Phi) is 2.99. The summed E-state index contributed by atoms with van der Waals surface area (Å²) in [7, 11) is 1.98. The second-order valence-electron chi connectivity index (χ2n) is 4.40. The van der Waals surface area contributed by atoms with Crippen LogP contribution in [0.4, 0.5) is 5.69 Å². The molecule has 5 heteroatoms. The Morgan fingerprint density at radius 2 is 2.00 bits per heavy atom. The molecule has 3 nitrogen and oxygen atoms in total. The van der Waals surface area contributed by atoms with Gasteiger partial charge in [-0.05, 0) is 36.4 Å². The van der Waals surface area contributed by atoms with Gasteiger partial charge in [0.1, 0.15) is 5.82 Å². The lowest BCUT2D eigenvalue weighted by atomic mass is 10.2. The van der Waals surface area contributed by atoms with E-state index in [4.69, 9.17) is 17.3 Å². The highest BCUT2D eigenvalue weighted by atomic mass is 79.9. The van der Waals surface area contributed by atoms with Crippen molar-refractivity contribution in [3.63, 3.8) is 0 Å². The van der Waals surface area contributed by atoms with E-state index in [9.17, 15) is 0 Å². The smallest absolute Gasteiger partial charge is 0.140 e. The molecule has 0 fully saturated rings. The normalized spacial score (nSPS) is 11.1. The molecule has 3 rings (SSSR count). The number of fused-ring (bicyclic) bond motifs is 1. The quantitative estimate of drug-likeness (QED) is 0.676. The van der Waals surface area contributed by atoms with Crippen molar-refractivity contribution in [1.29, 1.82) is 0 Å². The van der Waals surface area contributed by atoms with E-state index in [0.29, 0.717) is 10.7 Å². The Balaban J connectivity index is 2.27. The van der Waals surface area contributed by atoms with Crippen LogP contribution in [0.1, 0.15) is 0 Å². The molecule has 1 aromatic heterocycles. The van der Waals surface area contributed by atoms with Gasteiger partial charge in [0.15, 0.2) is 0 Å². The number of aromatic nitrogens is 2. The maximum absolute atomic E-state index is 6.00. The second kappa shape index (κ2) is 4.54. The zero-order chi connectivity index (χ0) is 13.6. The Bertz CT molecular complexity index is 759. The number of hydrogen-bond donors (Lipinski definition) is 1. The van der Waals surface area contributed by atoms with Gasteiger partial charge in [0.05, 0.1) is 11.0 Å². The molecule has 0 atom stereocenters. The highest BCUT2D eigenvalue weighted by molar-refractivity contribution is 9.10. The summed E-state index contributed by atoms with van der Waals surface area (Å²) in [4.78, 5) is 4.63. The Hall–Kier alpha value is -1.52. The van der Waals surface area contributed by atoms with Gasteiger partial charge in [0.2, 0.25) is 0 Å². The van der Waals surface area contributed by atoms with E-state index in [1.165, 1.54) is 0 Å². The lowest BCUT2D eigenvalue weighted by Crippen LogP contribution is -1.94. The summed E-state index contributed by atoms with van der Waals surface area (Å²) in [6.07, 6.45) is 0. The topological polar surface area (TPSA) is 43.8 Å². The minimum Gasteiger partial charge on any atom is -0.399 e. The van der Waals surface area contributed by atoms with Crippen molar-refractivity contribution in [3.8, 4) is 11.4 Å². The average molecular weight is 337 g/mol. The van der Waals surface area contributed by atoms with Crippen molar-refractivity contribution in [1.82, 2.24) is 9.55 Å². The standard InChI is InChI=1S/C14H11BrClN3/c1-19-13-3-2-10(16)7-12(13)18-14(19)8-4-9(15)6-11(17)5-8/h2-7H,17H2,1H3. The van der Waals surface area contributed by atoms with Gasteiger partial charge in [0.25, 0.3) is 0 Å². The van der Waals surface area contributed by atoms with Crippen LogP contribution in [0, 0.1) is 0 Å². The van der Waals surface area contributed by atoms with Crippen LogP contribution < -0.4 is 5.73 Å². The molecular weight excluding hydrogens is 326 g/mol. The van der Waals surface area contributed by atoms with E-state index in [-0.39, 0.29) is 0 Å². The summed E-state index contributed by atoms with van der Waals surface area (Å²) < 4.78 is 2.97. The van der Waals surface area contributed by atoms with Gasteiger partial charge in [-0.15, -0.1) is 0 Å². The summed E-state index contributed by atoms with van der Waals surface area (Å²) in [5, 5.41) is 0.686. The number of benzene rings is 2. The lowest BCUT2D eigenvalue weighted by molar-refractivity contribution is 0.959. The highest BCUT2D eigenvalue weighted by Crippen LogP contribution is 2.29. The molecule has 0 radical (unpaired) electrons. The third-order valence-electron chi connectivity index (χ3n) is 3.02. The van der Waals surface area contributed by atoms with Crippen molar-refractivity contribution in [2.75, 3.05) is 5.73 Å². The summed E-state index contributed by atoms with van der Waals surface area (Å²) in [6.45, 7) is 0. The largest absolute Gasteiger partial charge is 0.399 e. The Morgan fingerprint density at radius 3 is 2.74 bits per heavy atom. The summed E-state index contributed by atoms with van der Waals surface area (Å²) in [5.41, 5.74) is 9.47. The molecule has 96 valence electrons. The van der Waals surface area contributed by atoms with Gasteiger partial charge in [-0.25, -0.2) is 4.98 Å². The van der Waals surface area contributed by atoms with E-state index < -0.39 is 0 Å². The Labute approximate surface area is 124 Å². The number of nitrogen functional groups attached to an aromatic ring is 1. The fourth-order valence-corrected chi connectivity index (χ4v) is 2.85. The number of rotatable bonds is 1. The first-order valence-corrected chi connectivity index (χ1v) is 6.90. The SMILES string of the molecule is Cn1c(-c2cc(N)cc(Br)c2)nc2cc(Cl)ccc21. The number of nitrogens with two attached hydrogens (primary N) is 1. The van der Waals surface area contributed by atoms with Gasteiger partial charge in [0, 0.05) is 27.8 Å². The molecule has 0 unspecified atom stereocenters. The molecule has 0 amide bonds. The van der Waals surface area contributed by atoms with Crippen LogP contribution in [0.5, 0.6) is 0 Å². The van der Waals surface area contributed by atoms with Crippen LogP contribution in [0.3, 0.4) is 0 Å². The van der Waals surface area contributed by atoms with Gasteiger partial charge in [-0.1, -0.05) is 27.5 Å². The van der Waals surface area contributed by atoms with Crippen LogP contribution in [0.2, 0.25) is 5.02 Å². The molecule has 19 heavy (non-hydrogen) atoms. The van der Waals surface area contributed by atoms with Gasteiger partial charge < -0.3 is 10.3 Å². The van der Waals surface area contributed by atoms with Gasteiger partial charge >= 0.3 is 0 Å². The van der Waals surface area contributed by atoms with Crippen molar-refractivity contribution in [3.05, 3.63) is 45.9 Å². The van der Waals surface area contributed by atoms with E-state index in [1.54, 1.807) is 0 Å². The van der Waals surface area contributed by atoms with E-state index >= 15 is 0 Å². The number of hydrogen-bond acceptors (Lipinski definition) is 2. The fraction of sp³-hybridized carbons (Fsp3) is 0.0714. The molecule has 3 aromatic rings. The number of anilines is 1. The maximum Gasteiger partial charge on any atom is 0.140 e. The molecule has 0 aliphatic heterocycles. The monoisotopic (exact) mass is 335 g/mol. The molecule has 0 spiro atoms. The maximum atomic E-state index is 6.00. The average Bonchev–Trinajstić information content (AvgIpc) is 2.65. The first-order valence-electron chi connectivity index (χ1n) is 5.73. The third-order valence-corrected chi connectivity index (χ3v) is 3.71. The predicted octanol–water partition coefficient (Wildman–Crippen LogP) is 4.24. The first-order chi connectivity index (χ1) is 9.04. The summed E-state index contributed by atoms with van der Waals surface area (Å²) in [6, 6.07) is 11.5. The van der Waals surface area contributed by atoms with Crippen molar-refractivity contribution >= 4 is 44.3 Å². The van der Waals surface area contributed by atoms with Crippen LogP contribution in [-0.2, 0) is 7.05 Å². The van der Waals surface area contributed by atoms with Crippen LogP contribution >= 0.6 is 27.5 Å². The van der Waals surface area contributed by atoms with Gasteiger partial charge in [-0.2, -0.15) is 0 Å². The van der Waals surface area contributed by atoms with Crippen LogP contribution in [-0.4, -0.2) is 9.55 Å². The number of halogens is 2. The zero-order valence-corrected chi connectivity index (χ0v) is 12.5. The zero-order valence-electron chi connectivity index (χ0n) is 10.2. The minimum atomic E-state index is 0.686. The molecule has 0 saturated heterocycles. The molecule has 2 aromatic carbocycles. The molecular formula is C14H11BrClN3. The molecule has 0 aliphatic carbocycles. The number of imidazole rings is 1. The van der Waals surface area contributed by atoms with Crippen molar-refractivity contribution in [2.45, 2.75) is 0 Å². The molecule has 0 saturated carbocycles. The number of aryl methyl sites for hydroxylation is 1. The number of nitrogens with zero attached hydrogens (tertiary/aromatic N) is 2. The molecule has 2 N–H and O–H groups in total. The van der Waals surface area contributed by atoms with Crippen LogP contribution in [0.25, 0.3) is 22.4 Å². The fourth-order valence-electron chi connectivity index (χ4n) is 2.17. The predicted molar refractivity (Wildman–Crippen MR) is 83.3 cm³/mol. The molecule has 0 bridgehead atoms. The van der Waals surface area contributed by atoms with Gasteiger partial charge in [-0.3, -0.25) is 0 Å². The Morgan fingerprint density at radius 1 is 1.21 bits per heavy atom. The summed E-state index contributed by atoms with van der Waals surface area (Å²) in [5.74, 6) is 0.866. The molecule has 1 heterocycles. The van der Waals surface area contributed by atoms with E-state index in [1.807, 2.05) is 48.0 Å². The van der Waals surface area contributed by atoms with E-state index in [0.717, 1.165) is 26.9 Å². The second-order valence-corrected chi connectivity index (χ2v) is 5.75. The minimum absolute atomic E-state index is 0.686. The van der Waals surface area contributed by atoms with Crippen LogP contribution in [0.15, 0.2) is 40.9 Å². The van der Waals surface area contributed by atoms with Crippen molar-refractivity contribution in [2.24, 2.45) is 7.05 Å². The van der Waals surface area contributed by atoms with Crippen molar-refractivity contribution < 1.29 is 0 Å². The molecule has 0 aliphatic rings.